The van der Waals surface area contributed by atoms with E-state index >= 15 is 0 Å². The number of carbonyl (C=O) groups is 1. The highest BCUT2D eigenvalue weighted by atomic mass is 32.2. The minimum atomic E-state index is -3.31. The summed E-state index contributed by atoms with van der Waals surface area (Å²) >= 11 is 0. The zero-order chi connectivity index (χ0) is 17.3. The van der Waals surface area contributed by atoms with Crippen LogP contribution in [0.25, 0.3) is 0 Å². The van der Waals surface area contributed by atoms with E-state index in [9.17, 15) is 18.0 Å². The van der Waals surface area contributed by atoms with Crippen LogP contribution in [0.4, 0.5) is 0 Å². The predicted octanol–water partition coefficient (Wildman–Crippen LogP) is -0.360. The Balaban J connectivity index is 1.79. The van der Waals surface area contributed by atoms with Crippen molar-refractivity contribution in [1.29, 1.82) is 0 Å². The molecular weight excluding hydrogens is 334 g/mol. The van der Waals surface area contributed by atoms with Crippen molar-refractivity contribution >= 4 is 15.9 Å². The van der Waals surface area contributed by atoms with Crippen LogP contribution in [0.2, 0.25) is 0 Å². The number of ether oxygens (including phenoxy) is 1. The first-order valence-corrected chi connectivity index (χ1v) is 9.78. The van der Waals surface area contributed by atoms with Crippen LogP contribution in [0.15, 0.2) is 23.1 Å². The first kappa shape index (κ1) is 17.1. The molecule has 132 valence electrons. The van der Waals surface area contributed by atoms with Crippen molar-refractivity contribution in [3.63, 3.8) is 0 Å². The Morgan fingerprint density at radius 2 is 2.04 bits per heavy atom. The molecule has 0 unspecified atom stereocenters. The van der Waals surface area contributed by atoms with Gasteiger partial charge in [-0.05, 0) is 25.0 Å². The molecule has 2 aliphatic rings. The summed E-state index contributed by atoms with van der Waals surface area (Å²) in [6, 6.07) is 2.85. The minimum Gasteiger partial charge on any atom is -0.375 e. The number of likely N-dealkylation sites (tertiary alicyclic amines) is 1. The van der Waals surface area contributed by atoms with Crippen molar-refractivity contribution in [2.24, 2.45) is 0 Å². The number of pyridine rings is 1. The maximum absolute atomic E-state index is 12.6. The topological polar surface area (TPSA) is 99.8 Å². The molecule has 3 heterocycles. The van der Waals surface area contributed by atoms with Crippen LogP contribution >= 0.6 is 0 Å². The molecule has 2 saturated heterocycles. The Hall–Kier alpha value is -1.71. The maximum Gasteiger partial charge on any atom is 0.260 e. The van der Waals surface area contributed by atoms with Gasteiger partial charge in [0.1, 0.15) is 5.56 Å². The second kappa shape index (κ2) is 6.66. The molecule has 2 atom stereocenters. The van der Waals surface area contributed by atoms with Crippen molar-refractivity contribution in [2.45, 2.75) is 25.0 Å². The monoisotopic (exact) mass is 355 g/mol. The summed E-state index contributed by atoms with van der Waals surface area (Å²) < 4.78 is 31.2. The third kappa shape index (κ3) is 3.38. The number of nitrogens with zero attached hydrogens (tertiary/aromatic N) is 2. The maximum atomic E-state index is 12.6. The quantitative estimate of drug-likeness (QED) is 0.781. The lowest BCUT2D eigenvalue weighted by atomic mass is 10.0. The van der Waals surface area contributed by atoms with Crippen LogP contribution in [0.3, 0.4) is 0 Å². The Morgan fingerprint density at radius 1 is 1.29 bits per heavy atom. The molecular formula is C15H21N3O5S. The Labute approximate surface area is 140 Å². The van der Waals surface area contributed by atoms with E-state index in [2.05, 4.69) is 4.98 Å². The summed E-state index contributed by atoms with van der Waals surface area (Å²) in [6.07, 6.45) is 3.50. The standard InChI is InChI=1S/C15H21N3O5S/c1-24(21,22)18-9-10-23-13-5-8-17(7-4-12(13)18)15(20)11-3-2-6-16-14(11)19/h2-3,6,12-13H,4-5,7-10H2,1H3,(H,16,19)/t12-,13-/m1/s1. The summed E-state index contributed by atoms with van der Waals surface area (Å²) in [6.45, 7) is 1.53. The highest BCUT2D eigenvalue weighted by molar-refractivity contribution is 7.88. The Bertz CT molecular complexity index is 775. The molecule has 1 amide bonds. The molecule has 0 bridgehead atoms. The molecule has 0 aromatic carbocycles. The number of rotatable bonds is 2. The number of fused-ring (bicyclic) bond motifs is 1. The number of carbonyl (C=O) groups excluding carboxylic acids is 1. The molecule has 24 heavy (non-hydrogen) atoms. The molecule has 9 heteroatoms. The smallest absolute Gasteiger partial charge is 0.260 e. The summed E-state index contributed by atoms with van der Waals surface area (Å²) in [4.78, 5) is 28.5. The van der Waals surface area contributed by atoms with Gasteiger partial charge in [0.05, 0.1) is 25.0 Å². The molecule has 3 rings (SSSR count). The molecule has 0 radical (unpaired) electrons. The van der Waals surface area contributed by atoms with Gasteiger partial charge in [-0.2, -0.15) is 4.31 Å². The van der Waals surface area contributed by atoms with Crippen LogP contribution in [-0.4, -0.2) is 73.2 Å². The number of aromatic nitrogens is 1. The van der Waals surface area contributed by atoms with E-state index in [1.54, 1.807) is 11.0 Å². The second-order valence-corrected chi connectivity index (χ2v) is 8.07. The Kier molecular flexibility index (Phi) is 4.75. The van der Waals surface area contributed by atoms with Gasteiger partial charge in [0.15, 0.2) is 0 Å². The van der Waals surface area contributed by atoms with Gasteiger partial charge in [-0.25, -0.2) is 8.42 Å². The minimum absolute atomic E-state index is 0.100. The molecule has 0 saturated carbocycles. The fourth-order valence-electron chi connectivity index (χ4n) is 3.42. The van der Waals surface area contributed by atoms with Gasteiger partial charge in [0.25, 0.3) is 11.5 Å². The van der Waals surface area contributed by atoms with E-state index < -0.39 is 15.6 Å². The van der Waals surface area contributed by atoms with Crippen molar-refractivity contribution < 1.29 is 17.9 Å². The Morgan fingerprint density at radius 3 is 2.75 bits per heavy atom. The summed E-state index contributed by atoms with van der Waals surface area (Å²) in [5.74, 6) is -0.332. The number of nitrogens with one attached hydrogen (secondary N) is 1. The highest BCUT2D eigenvalue weighted by Crippen LogP contribution is 2.26. The molecule has 1 aromatic heterocycles. The third-order valence-corrected chi connectivity index (χ3v) is 5.89. The lowest BCUT2D eigenvalue weighted by Gasteiger charge is -2.38. The van der Waals surface area contributed by atoms with Crippen LogP contribution in [-0.2, 0) is 14.8 Å². The third-order valence-electron chi connectivity index (χ3n) is 4.58. The van der Waals surface area contributed by atoms with Crippen molar-refractivity contribution in [1.82, 2.24) is 14.2 Å². The first-order valence-electron chi connectivity index (χ1n) is 7.93. The summed E-state index contributed by atoms with van der Waals surface area (Å²) in [7, 11) is -3.31. The molecule has 8 nitrogen and oxygen atoms in total. The molecule has 1 aromatic rings. The highest BCUT2D eigenvalue weighted by Gasteiger charge is 2.39. The van der Waals surface area contributed by atoms with Gasteiger partial charge in [0, 0.05) is 25.8 Å². The van der Waals surface area contributed by atoms with E-state index in [1.165, 1.54) is 22.8 Å². The number of morpholine rings is 1. The van der Waals surface area contributed by atoms with E-state index in [0.717, 1.165) is 0 Å². The number of hydrogen-bond acceptors (Lipinski definition) is 5. The van der Waals surface area contributed by atoms with Crippen LogP contribution in [0, 0.1) is 0 Å². The van der Waals surface area contributed by atoms with Gasteiger partial charge in [-0.1, -0.05) is 0 Å². The zero-order valence-electron chi connectivity index (χ0n) is 13.5. The molecule has 0 spiro atoms. The molecule has 2 aliphatic heterocycles. The van der Waals surface area contributed by atoms with Crippen LogP contribution in [0.1, 0.15) is 23.2 Å². The largest absolute Gasteiger partial charge is 0.375 e. The zero-order valence-corrected chi connectivity index (χ0v) is 14.3. The van der Waals surface area contributed by atoms with Crippen molar-refractivity contribution in [3.05, 3.63) is 34.2 Å². The van der Waals surface area contributed by atoms with Crippen LogP contribution < -0.4 is 5.56 Å². The van der Waals surface area contributed by atoms with Crippen LogP contribution in [0.5, 0.6) is 0 Å². The second-order valence-electron chi connectivity index (χ2n) is 6.13. The first-order chi connectivity index (χ1) is 11.4. The SMILES string of the molecule is CS(=O)(=O)N1CCO[C@@H]2CCN(C(=O)c3ccc[nH]c3=O)CC[C@H]21. The number of H-pyrrole nitrogens is 1. The molecule has 1 N–H and O–H groups in total. The van der Waals surface area contributed by atoms with E-state index in [4.69, 9.17) is 4.74 Å². The average Bonchev–Trinajstić information content (AvgIpc) is 2.76. The van der Waals surface area contributed by atoms with Crippen molar-refractivity contribution in [3.8, 4) is 0 Å². The normalized spacial score (nSPS) is 25.8. The number of aromatic amines is 1. The van der Waals surface area contributed by atoms with E-state index in [0.29, 0.717) is 39.1 Å². The van der Waals surface area contributed by atoms with Gasteiger partial charge in [0.2, 0.25) is 10.0 Å². The van der Waals surface area contributed by atoms with E-state index in [-0.39, 0.29) is 23.6 Å². The average molecular weight is 355 g/mol. The number of sulfonamides is 1. The predicted molar refractivity (Wildman–Crippen MR) is 87.3 cm³/mol. The fourth-order valence-corrected chi connectivity index (χ4v) is 4.56. The van der Waals surface area contributed by atoms with Crippen molar-refractivity contribution in [2.75, 3.05) is 32.5 Å². The lowest BCUT2D eigenvalue weighted by molar-refractivity contribution is -0.0406. The van der Waals surface area contributed by atoms with Gasteiger partial charge < -0.3 is 14.6 Å². The molecule has 2 fully saturated rings. The summed E-state index contributed by atoms with van der Waals surface area (Å²) in [5, 5.41) is 0. The fraction of sp³-hybridized carbons (Fsp3) is 0.600. The number of hydrogen-bond donors (Lipinski definition) is 1. The molecule has 0 aliphatic carbocycles. The van der Waals surface area contributed by atoms with Gasteiger partial charge in [-0.15, -0.1) is 0 Å². The van der Waals surface area contributed by atoms with Gasteiger partial charge in [-0.3, -0.25) is 9.59 Å². The lowest BCUT2D eigenvalue weighted by Crippen LogP contribution is -2.53. The summed E-state index contributed by atoms with van der Waals surface area (Å²) in [5.41, 5.74) is -0.318. The van der Waals surface area contributed by atoms with Gasteiger partial charge >= 0.3 is 0 Å². The number of amides is 1. The van der Waals surface area contributed by atoms with E-state index in [1.807, 2.05) is 0 Å².